The number of rotatable bonds is 8. The second-order valence-electron chi connectivity index (χ2n) is 9.69. The molecule has 14 atom stereocenters. The minimum atomic E-state index is -1.69. The van der Waals surface area contributed by atoms with Gasteiger partial charge < -0.3 is 70.1 Å². The van der Waals surface area contributed by atoms with Gasteiger partial charge in [0.15, 0.2) is 18.9 Å². The zero-order valence-corrected chi connectivity index (χ0v) is 21.2. The average molecular weight is 555 g/mol. The highest BCUT2D eigenvalue weighted by molar-refractivity contribution is 5.73. The molecule has 0 bridgehead atoms. The van der Waals surface area contributed by atoms with E-state index in [0.29, 0.717) is 0 Å². The average Bonchev–Trinajstić information content (AvgIpc) is 2.84. The molecule has 220 valence electrons. The van der Waals surface area contributed by atoms with Gasteiger partial charge in [0.1, 0.15) is 54.8 Å². The van der Waals surface area contributed by atoms with Gasteiger partial charge in [0, 0.05) is 20.3 Å². The van der Waals surface area contributed by atoms with E-state index in [1.54, 1.807) is 6.92 Å². The Bertz CT molecular complexity index is 806. The Kier molecular flexibility index (Phi) is 10.8. The van der Waals surface area contributed by atoms with Gasteiger partial charge in [-0.2, -0.15) is 0 Å². The van der Waals surface area contributed by atoms with Crippen molar-refractivity contribution < 1.29 is 69.0 Å². The Hall–Kier alpha value is -1.54. The van der Waals surface area contributed by atoms with Crippen LogP contribution in [0.2, 0.25) is 0 Å². The van der Waals surface area contributed by atoms with Crippen LogP contribution in [0.3, 0.4) is 0 Å². The summed E-state index contributed by atoms with van der Waals surface area (Å²) >= 11 is 0. The molecule has 9 N–H and O–H groups in total. The Morgan fingerprint density at radius 1 is 0.763 bits per heavy atom. The van der Waals surface area contributed by atoms with Crippen LogP contribution in [-0.2, 0) is 33.3 Å². The molecule has 3 heterocycles. The van der Waals surface area contributed by atoms with E-state index < -0.39 is 111 Å². The molecule has 0 aromatic rings. The highest BCUT2D eigenvalue weighted by atomic mass is 16.7. The SMILES string of the molecule is CC(=O)N[C@@H]1[C@@H](O)[C@H](O[C@@H]2O[C@H](CO)[C@H](O)[C@H](O[C@@H]3O[C@H](C)[C@@H](O)C[C@@H]3O)[C@H]2NC(C)=O)[C@@H](CO)O[C@H]1O. The minimum Gasteiger partial charge on any atom is -0.394 e. The van der Waals surface area contributed by atoms with Crippen LogP contribution in [0.1, 0.15) is 27.2 Å². The third kappa shape index (κ3) is 6.96. The Labute approximate surface area is 218 Å². The van der Waals surface area contributed by atoms with Crippen molar-refractivity contribution in [2.75, 3.05) is 13.2 Å². The van der Waals surface area contributed by atoms with Gasteiger partial charge in [-0.1, -0.05) is 0 Å². The molecule has 3 aliphatic heterocycles. The standard InChI is InChI=1S/C22H38N2O14/c1-7-10(29)4-11(30)21(34-7)38-19-15(24-9(3)28)22(36-12(5-25)16(19)31)37-18-13(6-26)35-20(33)14(17(18)32)23-8(2)27/h7,10-22,25-26,29-33H,4-6H2,1-3H3,(H,23,27)(H,24,28)/t7-,10+,11+,12-,13-,14-,15-,16+,17-,18-,19-,20-,21+,22+/m1/s1. The fraction of sp³-hybridized carbons (Fsp3) is 0.909. The molecular formula is C22H38N2O14. The van der Waals surface area contributed by atoms with Crippen molar-refractivity contribution in [2.45, 2.75) is 113 Å². The van der Waals surface area contributed by atoms with Gasteiger partial charge in [0.05, 0.1) is 25.4 Å². The fourth-order valence-electron chi connectivity index (χ4n) is 4.75. The quantitative estimate of drug-likeness (QED) is 0.136. The highest BCUT2D eigenvalue weighted by Gasteiger charge is 2.53. The van der Waals surface area contributed by atoms with Gasteiger partial charge in [-0.25, -0.2) is 0 Å². The Morgan fingerprint density at radius 3 is 1.92 bits per heavy atom. The van der Waals surface area contributed by atoms with E-state index in [9.17, 15) is 45.3 Å². The predicted octanol–water partition coefficient (Wildman–Crippen LogP) is -5.23. The van der Waals surface area contributed by atoms with E-state index in [-0.39, 0.29) is 6.42 Å². The first-order valence-electron chi connectivity index (χ1n) is 12.3. The summed E-state index contributed by atoms with van der Waals surface area (Å²) in [6, 6.07) is -2.67. The molecule has 3 aliphatic rings. The monoisotopic (exact) mass is 554 g/mol. The van der Waals surface area contributed by atoms with Gasteiger partial charge in [-0.3, -0.25) is 9.59 Å². The number of hydrogen-bond acceptors (Lipinski definition) is 14. The summed E-state index contributed by atoms with van der Waals surface area (Å²) in [5, 5.41) is 76.8. The lowest BCUT2D eigenvalue weighted by Gasteiger charge is -2.49. The van der Waals surface area contributed by atoms with Crippen LogP contribution in [0, 0.1) is 0 Å². The summed E-state index contributed by atoms with van der Waals surface area (Å²) in [6.45, 7) is 2.43. The summed E-state index contributed by atoms with van der Waals surface area (Å²) in [5.74, 6) is -1.19. The molecule has 3 saturated heterocycles. The Balaban J connectivity index is 1.89. The maximum absolute atomic E-state index is 12.1. The number of amides is 2. The van der Waals surface area contributed by atoms with Crippen LogP contribution >= 0.6 is 0 Å². The van der Waals surface area contributed by atoms with E-state index in [1.165, 1.54) is 6.92 Å². The van der Waals surface area contributed by atoms with E-state index in [0.717, 1.165) is 6.92 Å². The number of aliphatic hydroxyl groups excluding tert-OH is 7. The molecular weight excluding hydrogens is 516 g/mol. The van der Waals surface area contributed by atoms with Crippen molar-refractivity contribution in [3.63, 3.8) is 0 Å². The van der Waals surface area contributed by atoms with Crippen molar-refractivity contribution in [3.8, 4) is 0 Å². The topological polar surface area (TPSA) is 246 Å². The van der Waals surface area contributed by atoms with Crippen molar-refractivity contribution in [1.29, 1.82) is 0 Å². The molecule has 0 aliphatic carbocycles. The van der Waals surface area contributed by atoms with Crippen LogP contribution in [0.15, 0.2) is 0 Å². The summed E-state index contributed by atoms with van der Waals surface area (Å²) in [6.07, 6.45) is -16.3. The third-order valence-corrected chi connectivity index (χ3v) is 6.74. The van der Waals surface area contributed by atoms with E-state index >= 15 is 0 Å². The van der Waals surface area contributed by atoms with Crippen LogP contribution < -0.4 is 10.6 Å². The molecule has 0 aromatic heterocycles. The van der Waals surface area contributed by atoms with Crippen molar-refractivity contribution in [3.05, 3.63) is 0 Å². The van der Waals surface area contributed by atoms with E-state index in [4.69, 9.17) is 23.7 Å². The normalized spacial score (nSPS) is 45.8. The van der Waals surface area contributed by atoms with Crippen LogP contribution in [-0.4, -0.2) is 147 Å². The highest BCUT2D eigenvalue weighted by Crippen LogP contribution is 2.32. The maximum atomic E-state index is 12.1. The summed E-state index contributed by atoms with van der Waals surface area (Å²) < 4.78 is 28.3. The number of hydrogen-bond donors (Lipinski definition) is 9. The Morgan fingerprint density at radius 2 is 1.34 bits per heavy atom. The number of aliphatic hydroxyl groups is 7. The smallest absolute Gasteiger partial charge is 0.217 e. The van der Waals surface area contributed by atoms with Crippen molar-refractivity contribution in [1.82, 2.24) is 10.6 Å². The predicted molar refractivity (Wildman–Crippen MR) is 122 cm³/mol. The first-order valence-corrected chi connectivity index (χ1v) is 12.3. The summed E-state index contributed by atoms with van der Waals surface area (Å²) in [5.41, 5.74) is 0. The number of carbonyl (C=O) groups is 2. The van der Waals surface area contributed by atoms with Crippen LogP contribution in [0.4, 0.5) is 0 Å². The molecule has 3 fully saturated rings. The lowest BCUT2D eigenvalue weighted by molar-refractivity contribution is -0.349. The molecule has 2 amide bonds. The maximum Gasteiger partial charge on any atom is 0.217 e. The molecule has 16 nitrogen and oxygen atoms in total. The number of nitrogens with one attached hydrogen (secondary N) is 2. The van der Waals surface area contributed by atoms with Crippen molar-refractivity contribution in [2.24, 2.45) is 0 Å². The second-order valence-corrected chi connectivity index (χ2v) is 9.69. The van der Waals surface area contributed by atoms with Gasteiger partial charge in [-0.05, 0) is 6.92 Å². The first-order chi connectivity index (χ1) is 17.9. The zero-order chi connectivity index (χ0) is 28.3. The first kappa shape index (κ1) is 31.0. The lowest BCUT2D eigenvalue weighted by atomic mass is 9.94. The fourth-order valence-corrected chi connectivity index (χ4v) is 4.75. The van der Waals surface area contributed by atoms with E-state index in [2.05, 4.69) is 10.6 Å². The van der Waals surface area contributed by atoms with Gasteiger partial charge in [0.2, 0.25) is 11.8 Å². The van der Waals surface area contributed by atoms with Gasteiger partial charge in [0.25, 0.3) is 0 Å². The molecule has 38 heavy (non-hydrogen) atoms. The summed E-state index contributed by atoms with van der Waals surface area (Å²) in [7, 11) is 0. The lowest BCUT2D eigenvalue weighted by Crippen LogP contribution is -2.70. The molecule has 16 heteroatoms. The molecule has 3 rings (SSSR count). The molecule has 0 aromatic carbocycles. The second kappa shape index (κ2) is 13.2. The van der Waals surface area contributed by atoms with Crippen molar-refractivity contribution >= 4 is 11.8 Å². The largest absolute Gasteiger partial charge is 0.394 e. The minimum absolute atomic E-state index is 0.0873. The number of carbonyl (C=O) groups excluding carboxylic acids is 2. The molecule has 0 saturated carbocycles. The molecule has 0 spiro atoms. The zero-order valence-electron chi connectivity index (χ0n) is 21.2. The third-order valence-electron chi connectivity index (χ3n) is 6.74. The molecule has 0 unspecified atom stereocenters. The van der Waals surface area contributed by atoms with Gasteiger partial charge >= 0.3 is 0 Å². The van der Waals surface area contributed by atoms with Gasteiger partial charge in [-0.15, -0.1) is 0 Å². The number of ether oxygens (including phenoxy) is 5. The van der Waals surface area contributed by atoms with Crippen LogP contribution in [0.5, 0.6) is 0 Å². The molecule has 0 radical (unpaired) electrons. The summed E-state index contributed by atoms with van der Waals surface area (Å²) in [4.78, 5) is 23.7. The van der Waals surface area contributed by atoms with Crippen LogP contribution in [0.25, 0.3) is 0 Å². The van der Waals surface area contributed by atoms with E-state index in [1.807, 2.05) is 0 Å².